The van der Waals surface area contributed by atoms with Gasteiger partial charge in [-0.3, -0.25) is 4.79 Å². The maximum Gasteiger partial charge on any atom is 0.255 e. The zero-order valence-corrected chi connectivity index (χ0v) is 19.5. The fraction of sp³-hybridized carbons (Fsp3) is 0.458. The van der Waals surface area contributed by atoms with Crippen LogP contribution in [0.25, 0.3) is 0 Å². The Balaban J connectivity index is 0.00000385. The molecule has 0 aliphatic heterocycles. The lowest BCUT2D eigenvalue weighted by molar-refractivity contribution is 0.102. The Bertz CT molecular complexity index is 1150. The first-order valence-corrected chi connectivity index (χ1v) is 12.3. The minimum absolute atomic E-state index is 0. The number of carbonyl (C=O) groups excluding carboxylic acids is 1. The summed E-state index contributed by atoms with van der Waals surface area (Å²) in [6.07, 6.45) is 3.20. The van der Waals surface area contributed by atoms with Gasteiger partial charge >= 0.3 is 0 Å². The summed E-state index contributed by atoms with van der Waals surface area (Å²) >= 11 is 0. The van der Waals surface area contributed by atoms with Crippen molar-refractivity contribution >= 4 is 21.4 Å². The number of nitrogens with one attached hydrogen (secondary N) is 1. The van der Waals surface area contributed by atoms with Crippen molar-refractivity contribution in [2.45, 2.75) is 63.5 Å². The Morgan fingerprint density at radius 2 is 1.66 bits per heavy atom. The van der Waals surface area contributed by atoms with Crippen molar-refractivity contribution in [3.8, 4) is 0 Å². The van der Waals surface area contributed by atoms with Crippen LogP contribution in [0.15, 0.2) is 29.2 Å². The largest absolute Gasteiger partial charge is 0.322 e. The van der Waals surface area contributed by atoms with E-state index in [0.717, 1.165) is 19.3 Å². The van der Waals surface area contributed by atoms with Gasteiger partial charge < -0.3 is 5.32 Å². The molecule has 0 radical (unpaired) electrons. The molecule has 0 bridgehead atoms. The first-order valence-electron chi connectivity index (χ1n) is 10.7. The predicted molar refractivity (Wildman–Crippen MR) is 120 cm³/mol. The van der Waals surface area contributed by atoms with Crippen molar-refractivity contribution in [2.75, 3.05) is 5.32 Å². The smallest absolute Gasteiger partial charge is 0.255 e. The summed E-state index contributed by atoms with van der Waals surface area (Å²) in [6, 6.07) is 5.01. The van der Waals surface area contributed by atoms with Gasteiger partial charge in [-0.2, -0.15) is 0 Å². The molecular weight excluding hydrogens is 439 g/mol. The summed E-state index contributed by atoms with van der Waals surface area (Å²) in [5.74, 6) is -4.70. The average Bonchev–Trinajstić information content (AvgIpc) is 2.91. The number of aryl methyl sites for hydroxylation is 1. The summed E-state index contributed by atoms with van der Waals surface area (Å²) in [6.45, 7) is 6.97. The summed E-state index contributed by atoms with van der Waals surface area (Å²) < 4.78 is 67.9. The molecule has 4 nitrogen and oxygen atoms in total. The summed E-state index contributed by atoms with van der Waals surface area (Å²) in [5, 5.41) is 1.82. The van der Waals surface area contributed by atoms with Crippen molar-refractivity contribution in [3.63, 3.8) is 0 Å². The van der Waals surface area contributed by atoms with E-state index in [0.29, 0.717) is 24.0 Å². The van der Waals surface area contributed by atoms with Crippen LogP contribution in [0.5, 0.6) is 0 Å². The molecule has 176 valence electrons. The lowest BCUT2D eigenvalue weighted by atomic mass is 10.0. The Labute approximate surface area is 188 Å². The van der Waals surface area contributed by atoms with Gasteiger partial charge in [0.15, 0.2) is 27.3 Å². The number of hydrogen-bond donors (Lipinski definition) is 1. The van der Waals surface area contributed by atoms with Crippen LogP contribution in [0.3, 0.4) is 0 Å². The van der Waals surface area contributed by atoms with E-state index in [-0.39, 0.29) is 29.1 Å². The Kier molecular flexibility index (Phi) is 7.03. The van der Waals surface area contributed by atoms with E-state index in [1.54, 1.807) is 13.0 Å². The molecule has 3 atom stereocenters. The summed E-state index contributed by atoms with van der Waals surface area (Å²) in [4.78, 5) is 12.8. The highest BCUT2D eigenvalue weighted by Gasteiger charge is 2.35. The van der Waals surface area contributed by atoms with Crippen molar-refractivity contribution < 1.29 is 27.8 Å². The molecule has 0 spiro atoms. The maximum atomic E-state index is 13.8. The fourth-order valence-electron chi connectivity index (χ4n) is 4.29. The van der Waals surface area contributed by atoms with Crippen LogP contribution in [-0.4, -0.2) is 19.6 Å². The number of rotatable bonds is 4. The Morgan fingerprint density at radius 3 is 2.34 bits per heavy atom. The number of halogens is 3. The fourth-order valence-corrected chi connectivity index (χ4v) is 6.62. The third-order valence-electron chi connectivity index (χ3n) is 6.50. The van der Waals surface area contributed by atoms with Crippen LogP contribution in [0, 0.1) is 43.1 Å². The van der Waals surface area contributed by atoms with E-state index >= 15 is 0 Å². The molecule has 2 aromatic rings. The molecular formula is C24H30F3NO3S. The Morgan fingerprint density at radius 1 is 1.00 bits per heavy atom. The highest BCUT2D eigenvalue weighted by Crippen LogP contribution is 2.35. The normalized spacial score (nSPS) is 21.8. The summed E-state index contributed by atoms with van der Waals surface area (Å²) in [5.41, 5.74) is 0.0934. The minimum Gasteiger partial charge on any atom is -0.322 e. The molecule has 1 saturated carbocycles. The van der Waals surface area contributed by atoms with E-state index in [1.165, 1.54) is 19.1 Å². The number of carbonyl (C=O) groups is 1. The molecule has 1 fully saturated rings. The number of benzene rings is 2. The third kappa shape index (κ3) is 4.70. The Hall–Kier alpha value is -2.35. The number of amides is 1. The van der Waals surface area contributed by atoms with Gasteiger partial charge in [0.1, 0.15) is 0 Å². The number of sulfone groups is 1. The highest BCUT2D eigenvalue weighted by atomic mass is 32.2. The molecule has 3 rings (SSSR count). The first kappa shape index (κ1) is 24.3. The van der Waals surface area contributed by atoms with E-state index in [4.69, 9.17) is 0 Å². The van der Waals surface area contributed by atoms with Gasteiger partial charge in [0.25, 0.3) is 5.91 Å². The molecule has 1 aliphatic rings. The summed E-state index contributed by atoms with van der Waals surface area (Å²) in [7, 11) is -3.69. The topological polar surface area (TPSA) is 63.2 Å². The van der Waals surface area contributed by atoms with E-state index in [2.05, 4.69) is 12.2 Å². The first-order chi connectivity index (χ1) is 14.9. The van der Waals surface area contributed by atoms with Gasteiger partial charge in [-0.25, -0.2) is 21.6 Å². The zero-order chi connectivity index (χ0) is 23.8. The van der Waals surface area contributed by atoms with E-state index in [9.17, 15) is 26.4 Å². The van der Waals surface area contributed by atoms with Crippen LogP contribution < -0.4 is 5.32 Å². The van der Waals surface area contributed by atoms with Gasteiger partial charge in [0.05, 0.1) is 10.1 Å². The second kappa shape index (κ2) is 9.25. The van der Waals surface area contributed by atoms with Crippen LogP contribution in [-0.2, 0) is 9.84 Å². The van der Waals surface area contributed by atoms with Gasteiger partial charge in [0.2, 0.25) is 0 Å². The molecule has 0 heterocycles. The van der Waals surface area contributed by atoms with E-state index < -0.39 is 38.4 Å². The van der Waals surface area contributed by atoms with E-state index in [1.807, 2.05) is 6.92 Å². The van der Waals surface area contributed by atoms with Crippen molar-refractivity contribution in [1.29, 1.82) is 0 Å². The quantitative estimate of drug-likeness (QED) is 0.428. The highest BCUT2D eigenvalue weighted by molar-refractivity contribution is 7.92. The molecule has 32 heavy (non-hydrogen) atoms. The van der Waals surface area contributed by atoms with Crippen LogP contribution >= 0.6 is 0 Å². The number of hydrogen-bond acceptors (Lipinski definition) is 3. The lowest BCUT2D eigenvalue weighted by Gasteiger charge is -2.23. The second-order valence-corrected chi connectivity index (χ2v) is 11.0. The van der Waals surface area contributed by atoms with Crippen LogP contribution in [0.4, 0.5) is 18.9 Å². The molecule has 8 heteroatoms. The maximum absolute atomic E-state index is 13.8. The van der Waals surface area contributed by atoms with Gasteiger partial charge in [-0.05, 0) is 62.6 Å². The van der Waals surface area contributed by atoms with Gasteiger partial charge in [0, 0.05) is 24.3 Å². The average molecular weight is 470 g/mol. The molecule has 1 unspecified atom stereocenters. The lowest BCUT2D eigenvalue weighted by Crippen LogP contribution is -2.28. The SMILES string of the molecule is Cc1ccc(C(=O)Nc2cc(F)c(F)c(F)c2C)cc1S(=O)(=O)[C@H]1CCC(C)CC[C@H]1C.[HH]. The molecule has 2 aromatic carbocycles. The van der Waals surface area contributed by atoms with Crippen LogP contribution in [0.2, 0.25) is 0 Å². The molecule has 1 N–H and O–H groups in total. The predicted octanol–water partition coefficient (Wildman–Crippen LogP) is 6.21. The minimum atomic E-state index is -3.69. The zero-order valence-electron chi connectivity index (χ0n) is 18.6. The van der Waals surface area contributed by atoms with Crippen LogP contribution in [0.1, 0.15) is 62.4 Å². The van der Waals surface area contributed by atoms with Crippen molar-refractivity contribution in [3.05, 3.63) is 58.4 Å². The monoisotopic (exact) mass is 469 g/mol. The number of anilines is 1. The van der Waals surface area contributed by atoms with Gasteiger partial charge in [-0.1, -0.05) is 26.3 Å². The standard InChI is InChI=1S/C24H28F3NO3S.H2/c1-13-5-7-14(2)20(10-6-13)32(30,31)21-11-17(9-8-15(21)3)24(29)28-19-12-18(25)23(27)22(26)16(19)4;/h8-9,11-14,20H,5-7,10H2,1-4H3,(H,28,29);1H/t13?,14-,20+;/m1./s1. The van der Waals surface area contributed by atoms with Crippen molar-refractivity contribution in [2.24, 2.45) is 11.8 Å². The molecule has 1 aliphatic carbocycles. The molecule has 0 aromatic heterocycles. The van der Waals surface area contributed by atoms with Crippen molar-refractivity contribution in [1.82, 2.24) is 0 Å². The third-order valence-corrected chi connectivity index (χ3v) is 9.05. The molecule has 1 amide bonds. The molecule has 0 saturated heterocycles. The van der Waals surface area contributed by atoms with Gasteiger partial charge in [-0.15, -0.1) is 0 Å². The second-order valence-electron chi connectivity index (χ2n) is 8.91.